The molecule has 0 aromatic rings. The van der Waals surface area contributed by atoms with Crippen molar-refractivity contribution in [2.75, 3.05) is 15.5 Å². The standard InChI is InChI=1S/C8H18INO2/c1-2-12-8(11)7-3-5-9(10)6-4-7/h7-8,11H,2-6,10H2,1H3. The molecule has 1 atom stereocenters. The van der Waals surface area contributed by atoms with Crippen molar-refractivity contribution in [1.29, 1.82) is 0 Å². The molecule has 1 saturated heterocycles. The average Bonchev–Trinajstić information content (AvgIpc) is 2.06. The first-order valence-electron chi connectivity index (χ1n) is 4.39. The van der Waals surface area contributed by atoms with E-state index in [0.717, 1.165) is 12.8 Å². The Hall–Kier alpha value is 0.610. The summed E-state index contributed by atoms with van der Waals surface area (Å²) in [6, 6.07) is 0. The van der Waals surface area contributed by atoms with E-state index in [2.05, 4.69) is 0 Å². The molecule has 0 spiro atoms. The van der Waals surface area contributed by atoms with Gasteiger partial charge < -0.3 is 0 Å². The van der Waals surface area contributed by atoms with Gasteiger partial charge in [0, 0.05) is 0 Å². The Labute approximate surface area is 81.4 Å². The average molecular weight is 287 g/mol. The van der Waals surface area contributed by atoms with Crippen LogP contribution >= 0.6 is 20.1 Å². The van der Waals surface area contributed by atoms with E-state index in [4.69, 9.17) is 8.68 Å². The van der Waals surface area contributed by atoms with Crippen molar-refractivity contribution in [2.24, 2.45) is 9.86 Å². The van der Waals surface area contributed by atoms with Crippen molar-refractivity contribution in [1.82, 2.24) is 0 Å². The van der Waals surface area contributed by atoms with E-state index in [9.17, 15) is 5.11 Å². The Balaban J connectivity index is 2.24. The third kappa shape index (κ3) is 3.16. The Morgan fingerprint density at radius 1 is 1.58 bits per heavy atom. The van der Waals surface area contributed by atoms with E-state index in [1.807, 2.05) is 6.92 Å². The molecule has 1 aliphatic heterocycles. The van der Waals surface area contributed by atoms with Crippen molar-refractivity contribution in [3.05, 3.63) is 0 Å². The van der Waals surface area contributed by atoms with Crippen molar-refractivity contribution in [3.63, 3.8) is 0 Å². The molecule has 0 saturated carbocycles. The van der Waals surface area contributed by atoms with Crippen molar-refractivity contribution in [2.45, 2.75) is 26.1 Å². The van der Waals surface area contributed by atoms with Crippen LogP contribution in [-0.2, 0) is 4.74 Å². The zero-order valence-corrected chi connectivity index (χ0v) is 9.66. The minimum absolute atomic E-state index is 0.349. The van der Waals surface area contributed by atoms with Crippen LogP contribution in [0, 0.1) is 5.92 Å². The van der Waals surface area contributed by atoms with Gasteiger partial charge in [0.05, 0.1) is 0 Å². The second-order valence-corrected chi connectivity index (χ2v) is 8.06. The van der Waals surface area contributed by atoms with Gasteiger partial charge in [-0.1, -0.05) is 0 Å². The number of nitrogens with two attached hydrogens (primary N) is 1. The number of ether oxygens (including phenoxy) is 1. The Morgan fingerprint density at radius 3 is 2.67 bits per heavy atom. The molecule has 12 heavy (non-hydrogen) atoms. The summed E-state index contributed by atoms with van der Waals surface area (Å²) in [4.78, 5) is 0. The first kappa shape index (κ1) is 10.7. The summed E-state index contributed by atoms with van der Waals surface area (Å²) >= 11 is -1.01. The quantitative estimate of drug-likeness (QED) is 0.354. The van der Waals surface area contributed by atoms with E-state index < -0.39 is 26.4 Å². The molecule has 0 radical (unpaired) electrons. The SMILES string of the molecule is CCOC(O)C1CCI(N)CC1. The van der Waals surface area contributed by atoms with E-state index in [0.29, 0.717) is 12.5 Å². The molecular weight excluding hydrogens is 269 g/mol. The van der Waals surface area contributed by atoms with Crippen molar-refractivity contribution >= 4 is 20.1 Å². The molecule has 74 valence electrons. The maximum atomic E-state index is 9.51. The second kappa shape index (κ2) is 5.36. The number of aliphatic hydroxyl groups excluding tert-OH is 1. The fraction of sp³-hybridized carbons (Fsp3) is 1.00. The molecule has 0 bridgehead atoms. The first-order chi connectivity index (χ1) is 5.74. The summed E-state index contributed by atoms with van der Waals surface area (Å²) in [5.41, 5.74) is 0. The van der Waals surface area contributed by atoms with Crippen LogP contribution in [0.1, 0.15) is 19.8 Å². The van der Waals surface area contributed by atoms with Gasteiger partial charge in [0.25, 0.3) is 0 Å². The normalized spacial score (nSPS) is 25.8. The predicted octanol–water partition coefficient (Wildman–Crippen LogP) is 1.13. The molecule has 0 amide bonds. The van der Waals surface area contributed by atoms with Gasteiger partial charge in [-0.3, -0.25) is 0 Å². The van der Waals surface area contributed by atoms with E-state index in [-0.39, 0.29) is 0 Å². The fourth-order valence-electron chi connectivity index (χ4n) is 1.39. The second-order valence-electron chi connectivity index (χ2n) is 3.06. The van der Waals surface area contributed by atoms with Crippen LogP contribution in [0.3, 0.4) is 0 Å². The number of hydrogen-bond acceptors (Lipinski definition) is 3. The molecular formula is C8H18INO2. The van der Waals surface area contributed by atoms with Crippen LogP contribution in [0.5, 0.6) is 0 Å². The monoisotopic (exact) mass is 287 g/mol. The molecule has 0 aromatic carbocycles. The minimum atomic E-state index is -1.01. The Kier molecular flexibility index (Phi) is 4.78. The molecule has 0 aliphatic carbocycles. The third-order valence-corrected chi connectivity index (χ3v) is 6.20. The van der Waals surface area contributed by atoms with E-state index in [1.165, 1.54) is 8.86 Å². The first-order valence-corrected chi connectivity index (χ1v) is 8.69. The van der Waals surface area contributed by atoms with Crippen LogP contribution in [0.4, 0.5) is 0 Å². The summed E-state index contributed by atoms with van der Waals surface area (Å²) in [6.45, 7) is 2.51. The molecule has 1 unspecified atom stereocenters. The van der Waals surface area contributed by atoms with E-state index >= 15 is 0 Å². The number of halogens is 1. The van der Waals surface area contributed by atoms with Gasteiger partial charge in [0.2, 0.25) is 0 Å². The van der Waals surface area contributed by atoms with Gasteiger partial charge in [0.1, 0.15) is 0 Å². The predicted molar refractivity (Wildman–Crippen MR) is 58.3 cm³/mol. The zero-order valence-electron chi connectivity index (χ0n) is 7.50. The molecule has 3 nitrogen and oxygen atoms in total. The molecule has 3 N–H and O–H groups in total. The van der Waals surface area contributed by atoms with Crippen LogP contribution in [0.25, 0.3) is 0 Å². The van der Waals surface area contributed by atoms with Gasteiger partial charge in [-0.15, -0.1) is 0 Å². The van der Waals surface area contributed by atoms with Gasteiger partial charge >= 0.3 is 81.3 Å². The number of hydrogen-bond donors (Lipinski definition) is 2. The van der Waals surface area contributed by atoms with Gasteiger partial charge in [0.15, 0.2) is 0 Å². The third-order valence-electron chi connectivity index (χ3n) is 2.19. The summed E-state index contributed by atoms with van der Waals surface area (Å²) in [5, 5.41) is 9.51. The molecule has 1 fully saturated rings. The summed E-state index contributed by atoms with van der Waals surface area (Å²) in [6.07, 6.45) is 1.60. The van der Waals surface area contributed by atoms with Gasteiger partial charge in [-0.25, -0.2) is 0 Å². The fourth-order valence-corrected chi connectivity index (χ4v) is 5.13. The molecule has 4 heteroatoms. The zero-order chi connectivity index (χ0) is 8.97. The number of alkyl halides is 2. The van der Waals surface area contributed by atoms with Gasteiger partial charge in [-0.2, -0.15) is 0 Å². The topological polar surface area (TPSA) is 55.5 Å². The Bertz CT molecular complexity index is 126. The summed E-state index contributed by atoms with van der Waals surface area (Å²) in [7, 11) is 0. The van der Waals surface area contributed by atoms with Gasteiger partial charge in [-0.05, 0) is 0 Å². The number of rotatable bonds is 3. The van der Waals surface area contributed by atoms with Crippen LogP contribution < -0.4 is 3.95 Å². The number of aliphatic hydroxyl groups is 1. The maximum absolute atomic E-state index is 9.51. The van der Waals surface area contributed by atoms with Crippen LogP contribution in [0.2, 0.25) is 0 Å². The van der Waals surface area contributed by atoms with Crippen LogP contribution in [-0.4, -0.2) is 26.9 Å². The van der Waals surface area contributed by atoms with Crippen molar-refractivity contribution < 1.29 is 9.84 Å². The molecule has 1 heterocycles. The molecule has 1 rings (SSSR count). The van der Waals surface area contributed by atoms with E-state index in [1.54, 1.807) is 0 Å². The molecule has 1 aliphatic rings. The Morgan fingerprint density at radius 2 is 2.17 bits per heavy atom. The van der Waals surface area contributed by atoms with Crippen LogP contribution in [0.15, 0.2) is 0 Å². The van der Waals surface area contributed by atoms with Crippen molar-refractivity contribution in [3.8, 4) is 0 Å². The summed E-state index contributed by atoms with van der Waals surface area (Å²) in [5.74, 6) is 0.349. The summed E-state index contributed by atoms with van der Waals surface area (Å²) < 4.78 is 13.4. The molecule has 0 aromatic heterocycles.